The molecule has 4 N–H and O–H groups in total. The number of aliphatic hydroxyl groups is 1. The van der Waals surface area contributed by atoms with Crippen molar-refractivity contribution in [3.8, 4) is 0 Å². The number of benzene rings is 1. The molecule has 1 aromatic rings. The molecule has 0 aliphatic carbocycles. The van der Waals surface area contributed by atoms with E-state index in [4.69, 9.17) is 5.73 Å². The second-order valence-corrected chi connectivity index (χ2v) is 5.58. The summed E-state index contributed by atoms with van der Waals surface area (Å²) in [5.74, 6) is 0. The summed E-state index contributed by atoms with van der Waals surface area (Å²) >= 11 is 0. The van der Waals surface area contributed by atoms with Gasteiger partial charge in [0, 0.05) is 23.1 Å². The van der Waals surface area contributed by atoms with E-state index in [0.29, 0.717) is 6.17 Å². The van der Waals surface area contributed by atoms with Crippen LogP contribution in [0, 0.1) is 0 Å². The summed E-state index contributed by atoms with van der Waals surface area (Å²) in [6.07, 6.45) is 3.95. The number of hydrogen-bond acceptors (Lipinski definition) is 4. The molecular formula is C16H21N3O. The van der Waals surface area contributed by atoms with Crippen molar-refractivity contribution in [2.24, 2.45) is 0 Å². The molecule has 0 saturated carbocycles. The number of fused-ring (bicyclic) bond motifs is 1. The molecule has 0 saturated heterocycles. The van der Waals surface area contributed by atoms with Gasteiger partial charge in [0.25, 0.3) is 0 Å². The van der Waals surface area contributed by atoms with Gasteiger partial charge in [-0.15, -0.1) is 0 Å². The Kier molecular flexibility index (Phi) is 3.18. The van der Waals surface area contributed by atoms with Crippen molar-refractivity contribution in [1.82, 2.24) is 10.2 Å². The summed E-state index contributed by atoms with van der Waals surface area (Å²) in [5.41, 5.74) is 11.1. The summed E-state index contributed by atoms with van der Waals surface area (Å²) in [7, 11) is 0. The number of nitrogens with zero attached hydrogens (tertiary/aromatic N) is 1. The third kappa shape index (κ3) is 2.16. The number of rotatable bonds is 2. The van der Waals surface area contributed by atoms with Crippen LogP contribution in [0.2, 0.25) is 0 Å². The topological polar surface area (TPSA) is 61.5 Å². The van der Waals surface area contributed by atoms with E-state index in [-0.39, 0.29) is 6.10 Å². The van der Waals surface area contributed by atoms with Crippen molar-refractivity contribution in [1.29, 1.82) is 0 Å². The largest absolute Gasteiger partial charge is 0.399 e. The van der Waals surface area contributed by atoms with E-state index in [9.17, 15) is 5.11 Å². The van der Waals surface area contributed by atoms with Gasteiger partial charge in [-0.25, -0.2) is 0 Å². The second kappa shape index (κ2) is 4.87. The number of anilines is 1. The Bertz CT molecular complexity index is 572. The van der Waals surface area contributed by atoms with Crippen LogP contribution in [-0.4, -0.2) is 22.3 Å². The highest BCUT2D eigenvalue weighted by Gasteiger charge is 2.32. The number of allylic oxidation sites excluding steroid dienone is 1. The minimum absolute atomic E-state index is 0.296. The lowest BCUT2D eigenvalue weighted by atomic mass is 10.0. The summed E-state index contributed by atoms with van der Waals surface area (Å²) in [6.45, 7) is 3.93. The number of nitrogens with one attached hydrogen (secondary N) is 1. The molecular weight excluding hydrogens is 250 g/mol. The smallest absolute Gasteiger partial charge is 0.103 e. The average molecular weight is 271 g/mol. The van der Waals surface area contributed by atoms with Crippen LogP contribution < -0.4 is 11.1 Å². The molecule has 0 radical (unpaired) electrons. The maximum absolute atomic E-state index is 9.81. The van der Waals surface area contributed by atoms with Crippen molar-refractivity contribution in [2.45, 2.75) is 39.0 Å². The van der Waals surface area contributed by atoms with E-state index in [1.165, 1.54) is 11.4 Å². The molecule has 0 fully saturated rings. The zero-order valence-corrected chi connectivity index (χ0v) is 11.9. The van der Waals surface area contributed by atoms with E-state index in [1.54, 1.807) is 0 Å². The Morgan fingerprint density at radius 1 is 1.35 bits per heavy atom. The van der Waals surface area contributed by atoms with Crippen LogP contribution in [0.5, 0.6) is 0 Å². The molecule has 2 aliphatic rings. The van der Waals surface area contributed by atoms with Gasteiger partial charge in [0.2, 0.25) is 0 Å². The van der Waals surface area contributed by atoms with Crippen LogP contribution in [0.1, 0.15) is 32.3 Å². The third-order valence-electron chi connectivity index (χ3n) is 4.06. The Labute approximate surface area is 119 Å². The highest BCUT2D eigenvalue weighted by Crippen LogP contribution is 2.36. The summed E-state index contributed by atoms with van der Waals surface area (Å²) in [5, 5.41) is 13.3. The predicted molar refractivity (Wildman–Crippen MR) is 81.2 cm³/mol. The van der Waals surface area contributed by atoms with Crippen LogP contribution >= 0.6 is 0 Å². The summed E-state index contributed by atoms with van der Waals surface area (Å²) in [4.78, 5) is 2.24. The van der Waals surface area contributed by atoms with E-state index in [0.717, 1.165) is 29.7 Å². The number of aliphatic hydroxyl groups excluding tert-OH is 1. The van der Waals surface area contributed by atoms with Crippen LogP contribution in [0.15, 0.2) is 41.7 Å². The summed E-state index contributed by atoms with van der Waals surface area (Å²) in [6, 6.07) is 7.93. The van der Waals surface area contributed by atoms with Gasteiger partial charge in [0.15, 0.2) is 0 Å². The van der Waals surface area contributed by atoms with Gasteiger partial charge >= 0.3 is 0 Å². The molecule has 20 heavy (non-hydrogen) atoms. The fourth-order valence-corrected chi connectivity index (χ4v) is 2.97. The number of nitrogen functional groups attached to an aromatic ring is 1. The zero-order chi connectivity index (χ0) is 14.3. The average Bonchev–Trinajstić information content (AvgIpc) is 2.75. The Balaban J connectivity index is 1.99. The molecule has 0 bridgehead atoms. The van der Waals surface area contributed by atoms with Crippen molar-refractivity contribution in [2.75, 3.05) is 5.73 Å². The molecule has 2 unspecified atom stereocenters. The molecule has 3 rings (SSSR count). The number of hydrogen-bond donors (Lipinski definition) is 3. The lowest BCUT2D eigenvalue weighted by Crippen LogP contribution is -2.37. The standard InChI is InChI=1S/C16H21N3O/c1-10-16(12-3-6-14(17)7-4-12)19-9-13(11(2)20)5-8-15(19)18-10/h3-4,6-7,9,11,15,18,20H,5,8,17H2,1-2H3. The molecule has 2 atom stereocenters. The molecule has 4 nitrogen and oxygen atoms in total. The van der Waals surface area contributed by atoms with E-state index in [2.05, 4.69) is 23.3 Å². The van der Waals surface area contributed by atoms with E-state index >= 15 is 0 Å². The lowest BCUT2D eigenvalue weighted by Gasteiger charge is -2.32. The molecule has 106 valence electrons. The van der Waals surface area contributed by atoms with Gasteiger partial charge in [-0.1, -0.05) is 12.1 Å². The first-order valence-corrected chi connectivity index (χ1v) is 7.06. The maximum Gasteiger partial charge on any atom is 0.103 e. The van der Waals surface area contributed by atoms with E-state index < -0.39 is 0 Å². The van der Waals surface area contributed by atoms with Crippen molar-refractivity contribution in [3.05, 3.63) is 47.3 Å². The normalized spacial score (nSPS) is 23.2. The fourth-order valence-electron chi connectivity index (χ4n) is 2.97. The van der Waals surface area contributed by atoms with Gasteiger partial charge in [0.05, 0.1) is 11.8 Å². The first-order valence-electron chi connectivity index (χ1n) is 7.06. The van der Waals surface area contributed by atoms with Crippen molar-refractivity contribution in [3.63, 3.8) is 0 Å². The molecule has 0 spiro atoms. The summed E-state index contributed by atoms with van der Waals surface area (Å²) < 4.78 is 0. The lowest BCUT2D eigenvalue weighted by molar-refractivity contribution is 0.210. The SMILES string of the molecule is CC1=C(c2ccc(N)cc2)N2C=C(C(C)O)CCC2N1. The first-order chi connectivity index (χ1) is 9.56. The quantitative estimate of drug-likeness (QED) is 0.722. The third-order valence-corrected chi connectivity index (χ3v) is 4.06. The monoisotopic (exact) mass is 271 g/mol. The molecule has 2 heterocycles. The molecule has 2 aliphatic heterocycles. The highest BCUT2D eigenvalue weighted by atomic mass is 16.3. The fraction of sp³-hybridized carbons (Fsp3) is 0.375. The highest BCUT2D eigenvalue weighted by molar-refractivity contribution is 5.71. The predicted octanol–water partition coefficient (Wildman–Crippen LogP) is 2.25. The van der Waals surface area contributed by atoms with Crippen LogP contribution in [0.4, 0.5) is 5.69 Å². The van der Waals surface area contributed by atoms with E-state index in [1.807, 2.05) is 31.2 Å². The van der Waals surface area contributed by atoms with Crippen molar-refractivity contribution >= 4 is 11.4 Å². The van der Waals surface area contributed by atoms with Gasteiger partial charge in [-0.05, 0) is 44.4 Å². The maximum atomic E-state index is 9.81. The molecule has 0 aromatic heterocycles. The molecule has 0 amide bonds. The number of nitrogens with two attached hydrogens (primary N) is 1. The van der Waals surface area contributed by atoms with Crippen LogP contribution in [0.3, 0.4) is 0 Å². The van der Waals surface area contributed by atoms with Gasteiger partial charge < -0.3 is 21.1 Å². The van der Waals surface area contributed by atoms with Gasteiger partial charge in [-0.2, -0.15) is 0 Å². The Morgan fingerprint density at radius 3 is 2.70 bits per heavy atom. The Hall–Kier alpha value is -1.94. The second-order valence-electron chi connectivity index (χ2n) is 5.58. The molecule has 4 heteroatoms. The minimum Gasteiger partial charge on any atom is -0.399 e. The van der Waals surface area contributed by atoms with Crippen LogP contribution in [-0.2, 0) is 0 Å². The zero-order valence-electron chi connectivity index (χ0n) is 11.9. The van der Waals surface area contributed by atoms with Crippen LogP contribution in [0.25, 0.3) is 5.70 Å². The first kappa shape index (κ1) is 13.1. The van der Waals surface area contributed by atoms with Crippen molar-refractivity contribution < 1.29 is 5.11 Å². The minimum atomic E-state index is -0.385. The Morgan fingerprint density at radius 2 is 2.05 bits per heavy atom. The van der Waals surface area contributed by atoms with Gasteiger partial charge in [0.1, 0.15) is 6.17 Å². The van der Waals surface area contributed by atoms with Gasteiger partial charge in [-0.3, -0.25) is 0 Å². The molecule has 1 aromatic carbocycles.